The molecule has 0 aliphatic carbocycles. The first-order valence-corrected chi connectivity index (χ1v) is 11.0. The number of nitro benzene ring substituents is 1. The van der Waals surface area contributed by atoms with Gasteiger partial charge < -0.3 is 14.2 Å². The molecule has 0 saturated carbocycles. The van der Waals surface area contributed by atoms with Gasteiger partial charge in [-0.3, -0.25) is 10.1 Å². The Morgan fingerprint density at radius 1 is 0.923 bits per heavy atom. The highest BCUT2D eigenvalue weighted by atomic mass is 19.4. The maximum Gasteiger partial charge on any atom is 0.416 e. The molecule has 10 nitrogen and oxygen atoms in total. The smallest absolute Gasteiger partial charge is 0.416 e. The van der Waals surface area contributed by atoms with Gasteiger partial charge in [-0.2, -0.15) is 18.3 Å². The van der Waals surface area contributed by atoms with Crippen LogP contribution in [0.2, 0.25) is 0 Å². The molecule has 3 aromatic carbocycles. The van der Waals surface area contributed by atoms with Crippen LogP contribution in [0.1, 0.15) is 26.4 Å². The molecule has 0 saturated heterocycles. The lowest BCUT2D eigenvalue weighted by Gasteiger charge is -2.13. The molecule has 0 unspecified atom stereocenters. The summed E-state index contributed by atoms with van der Waals surface area (Å²) < 4.78 is 56.3. The largest absolute Gasteiger partial charge is 0.465 e. The number of hydrogen-bond donors (Lipinski definition) is 0. The van der Waals surface area contributed by atoms with Gasteiger partial charge in [0, 0.05) is 12.1 Å². The van der Waals surface area contributed by atoms with Gasteiger partial charge in [-0.15, -0.1) is 0 Å². The Hall–Kier alpha value is -5.20. The Kier molecular flexibility index (Phi) is 7.33. The third kappa shape index (κ3) is 5.42. The number of benzene rings is 3. The van der Waals surface area contributed by atoms with E-state index in [9.17, 15) is 32.9 Å². The number of alkyl halides is 3. The number of carbonyl (C=O) groups excluding carboxylic acids is 2. The minimum absolute atomic E-state index is 0.165. The van der Waals surface area contributed by atoms with Crippen molar-refractivity contribution in [2.45, 2.75) is 6.18 Å². The zero-order valence-electron chi connectivity index (χ0n) is 20.3. The molecule has 0 amide bonds. The van der Waals surface area contributed by atoms with Gasteiger partial charge >= 0.3 is 18.1 Å². The second-order valence-electron chi connectivity index (χ2n) is 7.87. The van der Waals surface area contributed by atoms with Gasteiger partial charge in [0.15, 0.2) is 5.69 Å². The second-order valence-corrected chi connectivity index (χ2v) is 7.87. The molecule has 0 aliphatic rings. The summed E-state index contributed by atoms with van der Waals surface area (Å²) in [6, 6.07) is 15.4. The summed E-state index contributed by atoms with van der Waals surface area (Å²) in [4.78, 5) is 36.7. The fourth-order valence-electron chi connectivity index (χ4n) is 3.71. The zero-order valence-corrected chi connectivity index (χ0v) is 20.3. The molecule has 0 aliphatic heterocycles. The summed E-state index contributed by atoms with van der Waals surface area (Å²) in [5.41, 5.74) is -2.27. The highest BCUT2D eigenvalue weighted by Crippen LogP contribution is 2.40. The molecule has 0 fully saturated rings. The van der Waals surface area contributed by atoms with Crippen molar-refractivity contribution in [2.24, 2.45) is 0 Å². The van der Waals surface area contributed by atoms with Crippen LogP contribution in [0.4, 0.5) is 18.9 Å². The summed E-state index contributed by atoms with van der Waals surface area (Å²) in [5.74, 6) is -2.41. The maximum absolute atomic E-state index is 13.3. The Labute approximate surface area is 218 Å². The SMILES string of the molecule is COC(=O)c1c(-c2cc([N+](=O)[O-])ccc2Oc2cccc(C(F)(F)F)c2)nn(-c2ccccc2)c1C(=O)OC. The lowest BCUT2D eigenvalue weighted by Crippen LogP contribution is -2.15. The fraction of sp³-hybridized carbons (Fsp3) is 0.115. The fourth-order valence-corrected chi connectivity index (χ4v) is 3.71. The van der Waals surface area contributed by atoms with Crippen molar-refractivity contribution >= 4 is 17.6 Å². The molecule has 4 rings (SSSR count). The Bertz CT molecular complexity index is 1570. The number of nitro groups is 1. The van der Waals surface area contributed by atoms with Gasteiger partial charge in [-0.1, -0.05) is 24.3 Å². The van der Waals surface area contributed by atoms with Crippen LogP contribution in [-0.4, -0.2) is 40.9 Å². The standard InChI is InChI=1S/C26H18F3N3O7/c1-37-24(33)21-22(30-31(23(21)25(34)38-2)16-8-4-3-5-9-16)19-14-17(32(35)36)11-12-20(19)39-18-10-6-7-15(13-18)26(27,28)29/h3-14H,1-2H3. The van der Waals surface area contributed by atoms with Crippen molar-refractivity contribution in [2.75, 3.05) is 14.2 Å². The number of aromatic nitrogens is 2. The van der Waals surface area contributed by atoms with E-state index < -0.39 is 39.9 Å². The first-order valence-electron chi connectivity index (χ1n) is 11.0. The van der Waals surface area contributed by atoms with Crippen molar-refractivity contribution in [1.82, 2.24) is 9.78 Å². The molecular formula is C26H18F3N3O7. The van der Waals surface area contributed by atoms with Crippen molar-refractivity contribution in [3.8, 4) is 28.4 Å². The van der Waals surface area contributed by atoms with Gasteiger partial charge in [-0.25, -0.2) is 14.3 Å². The van der Waals surface area contributed by atoms with Crippen LogP contribution in [0.3, 0.4) is 0 Å². The van der Waals surface area contributed by atoms with Crippen molar-refractivity contribution in [3.63, 3.8) is 0 Å². The molecule has 39 heavy (non-hydrogen) atoms. The van der Waals surface area contributed by atoms with E-state index >= 15 is 0 Å². The summed E-state index contributed by atoms with van der Waals surface area (Å²) in [7, 11) is 2.14. The number of ether oxygens (including phenoxy) is 3. The van der Waals surface area contributed by atoms with E-state index in [1.165, 1.54) is 6.07 Å². The zero-order chi connectivity index (χ0) is 28.3. The monoisotopic (exact) mass is 541 g/mol. The average molecular weight is 541 g/mol. The molecule has 0 radical (unpaired) electrons. The molecular weight excluding hydrogens is 523 g/mol. The van der Waals surface area contributed by atoms with Crippen molar-refractivity contribution < 1.29 is 41.9 Å². The molecule has 13 heteroatoms. The summed E-state index contributed by atoms with van der Waals surface area (Å²) in [5, 5.41) is 16.0. The predicted octanol–water partition coefficient (Wildman–Crippen LogP) is 5.83. The van der Waals surface area contributed by atoms with E-state index in [2.05, 4.69) is 5.10 Å². The van der Waals surface area contributed by atoms with Gasteiger partial charge in [0.1, 0.15) is 22.8 Å². The van der Waals surface area contributed by atoms with Crippen LogP contribution < -0.4 is 4.74 Å². The average Bonchev–Trinajstić information content (AvgIpc) is 3.33. The first kappa shape index (κ1) is 26.9. The lowest BCUT2D eigenvalue weighted by molar-refractivity contribution is -0.384. The summed E-state index contributed by atoms with van der Waals surface area (Å²) in [6.45, 7) is 0. The molecule has 1 heterocycles. The van der Waals surface area contributed by atoms with E-state index in [4.69, 9.17) is 14.2 Å². The molecule has 0 spiro atoms. The van der Waals surface area contributed by atoms with E-state index in [-0.39, 0.29) is 28.5 Å². The quantitative estimate of drug-likeness (QED) is 0.163. The van der Waals surface area contributed by atoms with Crippen LogP contribution in [-0.2, 0) is 15.7 Å². The number of carbonyl (C=O) groups is 2. The number of rotatable bonds is 7. The van der Waals surface area contributed by atoms with Gasteiger partial charge in [0.05, 0.1) is 36.0 Å². The first-order chi connectivity index (χ1) is 18.5. The summed E-state index contributed by atoms with van der Waals surface area (Å²) >= 11 is 0. The van der Waals surface area contributed by atoms with Crippen LogP contribution >= 0.6 is 0 Å². The van der Waals surface area contributed by atoms with E-state index in [0.717, 1.165) is 55.3 Å². The van der Waals surface area contributed by atoms with Crippen LogP contribution in [0.5, 0.6) is 11.5 Å². The molecule has 0 bridgehead atoms. The normalized spacial score (nSPS) is 11.1. The number of nitrogens with zero attached hydrogens (tertiary/aromatic N) is 3. The second kappa shape index (κ2) is 10.7. The van der Waals surface area contributed by atoms with Gasteiger partial charge in [0.2, 0.25) is 0 Å². The highest BCUT2D eigenvalue weighted by molar-refractivity contribution is 6.07. The number of para-hydroxylation sites is 1. The molecule has 0 N–H and O–H groups in total. The number of hydrogen-bond acceptors (Lipinski definition) is 8. The minimum atomic E-state index is -4.65. The van der Waals surface area contributed by atoms with E-state index in [0.29, 0.717) is 5.69 Å². The topological polar surface area (TPSA) is 123 Å². The molecule has 4 aromatic rings. The van der Waals surface area contributed by atoms with Crippen molar-refractivity contribution in [1.29, 1.82) is 0 Å². The maximum atomic E-state index is 13.3. The van der Waals surface area contributed by atoms with Crippen molar-refractivity contribution in [3.05, 3.63) is 99.7 Å². The Morgan fingerprint density at radius 3 is 2.23 bits per heavy atom. The third-order valence-electron chi connectivity index (χ3n) is 5.47. The number of methoxy groups -OCH3 is 2. The third-order valence-corrected chi connectivity index (χ3v) is 5.47. The Morgan fingerprint density at radius 2 is 1.62 bits per heavy atom. The van der Waals surface area contributed by atoms with Crippen LogP contribution in [0.25, 0.3) is 16.9 Å². The number of esters is 2. The number of halogens is 3. The van der Waals surface area contributed by atoms with Gasteiger partial charge in [0.25, 0.3) is 5.69 Å². The van der Waals surface area contributed by atoms with Crippen LogP contribution in [0.15, 0.2) is 72.8 Å². The predicted molar refractivity (Wildman–Crippen MR) is 130 cm³/mol. The molecule has 200 valence electrons. The molecule has 0 atom stereocenters. The number of non-ortho nitro benzene ring substituents is 1. The minimum Gasteiger partial charge on any atom is -0.465 e. The van der Waals surface area contributed by atoms with Gasteiger partial charge in [-0.05, 0) is 36.4 Å². The summed E-state index contributed by atoms with van der Waals surface area (Å²) in [6.07, 6.45) is -4.65. The van der Waals surface area contributed by atoms with Crippen LogP contribution in [0, 0.1) is 10.1 Å². The van der Waals surface area contributed by atoms with E-state index in [1.807, 2.05) is 0 Å². The highest BCUT2D eigenvalue weighted by Gasteiger charge is 2.34. The lowest BCUT2D eigenvalue weighted by atomic mass is 10.0. The Balaban J connectivity index is 2.01. The molecule has 1 aromatic heterocycles. The van der Waals surface area contributed by atoms with E-state index in [1.54, 1.807) is 30.3 Å².